The van der Waals surface area contributed by atoms with E-state index in [1.54, 1.807) is 7.05 Å². The van der Waals surface area contributed by atoms with Crippen LogP contribution in [0.4, 0.5) is 0 Å². The lowest BCUT2D eigenvalue weighted by Gasteiger charge is -2.20. The summed E-state index contributed by atoms with van der Waals surface area (Å²) in [6, 6.07) is 9.37. The first-order valence-electron chi connectivity index (χ1n) is 7.36. The molecule has 0 aromatic heterocycles. The van der Waals surface area contributed by atoms with Crippen molar-refractivity contribution in [3.63, 3.8) is 0 Å². The molecule has 0 radical (unpaired) electrons. The van der Waals surface area contributed by atoms with Crippen LogP contribution in [-0.4, -0.2) is 43.1 Å². The largest absolute Gasteiger partial charge is 0.313 e. The zero-order valence-corrected chi connectivity index (χ0v) is 12.1. The molecule has 1 aromatic carbocycles. The molecule has 1 aliphatic heterocycles. The molecule has 1 heterocycles. The molecule has 1 fully saturated rings. The summed E-state index contributed by atoms with van der Waals surface area (Å²) >= 11 is 0. The molecule has 0 bridgehead atoms. The van der Waals surface area contributed by atoms with Crippen LogP contribution in [0.5, 0.6) is 0 Å². The Labute approximate surface area is 120 Å². The van der Waals surface area contributed by atoms with Gasteiger partial charge in [-0.3, -0.25) is 9.69 Å². The normalized spacial score (nSPS) is 17.6. The molecule has 1 saturated heterocycles. The van der Waals surface area contributed by atoms with Crippen molar-refractivity contribution in [2.75, 3.05) is 26.7 Å². The number of hydrazone groups is 1. The number of ketones is 1. The maximum Gasteiger partial charge on any atom is 0.210 e. The Bertz CT molecular complexity index is 448. The van der Waals surface area contributed by atoms with Gasteiger partial charge in [0, 0.05) is 19.2 Å². The number of carbonyl (C=O) groups excluding carboxylic acids is 1. The molecule has 0 spiro atoms. The van der Waals surface area contributed by atoms with Crippen molar-refractivity contribution in [1.82, 2.24) is 10.3 Å². The molecule has 1 aliphatic rings. The number of Topliss-reactive ketones (excluding diaryl/α,β-unsaturated/α-hetero) is 1. The van der Waals surface area contributed by atoms with Crippen molar-refractivity contribution in [2.24, 2.45) is 5.10 Å². The summed E-state index contributed by atoms with van der Waals surface area (Å²) in [6.07, 6.45) is 5.02. The summed E-state index contributed by atoms with van der Waals surface area (Å²) < 4.78 is 0. The number of carbonyl (C=O) groups is 1. The first kappa shape index (κ1) is 14.7. The van der Waals surface area contributed by atoms with E-state index < -0.39 is 0 Å². The Hall–Kier alpha value is -1.68. The van der Waals surface area contributed by atoms with Gasteiger partial charge < -0.3 is 5.43 Å². The van der Waals surface area contributed by atoms with Crippen LogP contribution in [0.2, 0.25) is 0 Å². The molecule has 108 valence electrons. The van der Waals surface area contributed by atoms with Gasteiger partial charge in [0.2, 0.25) is 5.78 Å². The van der Waals surface area contributed by atoms with E-state index >= 15 is 0 Å². The minimum atomic E-state index is 0.0178. The van der Waals surface area contributed by atoms with Crippen LogP contribution in [-0.2, 0) is 0 Å². The fourth-order valence-electron chi connectivity index (χ4n) is 2.56. The van der Waals surface area contributed by atoms with Gasteiger partial charge in [-0.2, -0.15) is 5.10 Å². The lowest BCUT2D eigenvalue weighted by molar-refractivity contribution is 0.106. The van der Waals surface area contributed by atoms with E-state index in [4.69, 9.17) is 0 Å². The summed E-state index contributed by atoms with van der Waals surface area (Å²) in [5, 5.41) is 4.20. The van der Waals surface area contributed by atoms with Crippen molar-refractivity contribution in [2.45, 2.75) is 25.7 Å². The molecule has 2 rings (SSSR count). The number of rotatable bonds is 5. The number of hydrogen-bond donors (Lipinski definition) is 1. The van der Waals surface area contributed by atoms with E-state index in [1.165, 1.54) is 25.7 Å². The summed E-state index contributed by atoms with van der Waals surface area (Å²) in [5.74, 6) is 0.0178. The summed E-state index contributed by atoms with van der Waals surface area (Å²) in [6.45, 7) is 2.75. The van der Waals surface area contributed by atoms with Crippen molar-refractivity contribution in [3.8, 4) is 0 Å². The lowest BCUT2D eigenvalue weighted by atomic mass is 10.1. The third-order valence-electron chi connectivity index (χ3n) is 3.62. The van der Waals surface area contributed by atoms with E-state index in [0.717, 1.165) is 13.1 Å². The predicted molar refractivity (Wildman–Crippen MR) is 82.2 cm³/mol. The second kappa shape index (κ2) is 7.80. The molecule has 0 unspecified atom stereocenters. The standard InChI is InChI=1S/C16H23N3O/c1-17-18-15(13-19-11-7-2-3-8-12-19)16(20)14-9-5-4-6-10-14/h4-6,9-10,17H,2-3,7-8,11-13H2,1H3/b18-15-. The smallest absolute Gasteiger partial charge is 0.210 e. The number of benzene rings is 1. The molecule has 0 aliphatic carbocycles. The zero-order chi connectivity index (χ0) is 14.2. The first-order chi connectivity index (χ1) is 9.81. The highest BCUT2D eigenvalue weighted by Gasteiger charge is 2.18. The topological polar surface area (TPSA) is 44.7 Å². The number of hydrogen-bond acceptors (Lipinski definition) is 4. The molecular weight excluding hydrogens is 250 g/mol. The number of nitrogens with zero attached hydrogens (tertiary/aromatic N) is 2. The molecule has 20 heavy (non-hydrogen) atoms. The maximum atomic E-state index is 12.5. The summed E-state index contributed by atoms with van der Waals surface area (Å²) in [4.78, 5) is 14.8. The van der Waals surface area contributed by atoms with Gasteiger partial charge in [-0.15, -0.1) is 0 Å². The molecule has 0 amide bonds. The van der Waals surface area contributed by atoms with Crippen LogP contribution in [0.25, 0.3) is 0 Å². The Morgan fingerprint density at radius 3 is 2.40 bits per heavy atom. The van der Waals surface area contributed by atoms with Crippen LogP contribution in [0.1, 0.15) is 36.0 Å². The molecule has 4 heteroatoms. The summed E-state index contributed by atoms with van der Waals surface area (Å²) in [5.41, 5.74) is 4.07. The quantitative estimate of drug-likeness (QED) is 0.509. The van der Waals surface area contributed by atoms with Gasteiger partial charge in [-0.1, -0.05) is 43.2 Å². The van der Waals surface area contributed by atoms with E-state index in [-0.39, 0.29) is 5.78 Å². The molecular formula is C16H23N3O. The highest BCUT2D eigenvalue weighted by atomic mass is 16.1. The average Bonchev–Trinajstić information content (AvgIpc) is 2.76. The number of likely N-dealkylation sites (tertiary alicyclic amines) is 1. The predicted octanol–water partition coefficient (Wildman–Crippen LogP) is 2.32. The Kier molecular flexibility index (Phi) is 5.74. The van der Waals surface area contributed by atoms with E-state index in [0.29, 0.717) is 17.8 Å². The number of nitrogens with one attached hydrogen (secondary N) is 1. The van der Waals surface area contributed by atoms with E-state index in [9.17, 15) is 4.79 Å². The van der Waals surface area contributed by atoms with Gasteiger partial charge in [-0.25, -0.2) is 0 Å². The molecule has 0 atom stereocenters. The van der Waals surface area contributed by atoms with Gasteiger partial charge in [-0.05, 0) is 25.9 Å². The first-order valence-corrected chi connectivity index (χ1v) is 7.36. The fraction of sp³-hybridized carbons (Fsp3) is 0.500. The highest BCUT2D eigenvalue weighted by Crippen LogP contribution is 2.10. The maximum absolute atomic E-state index is 12.5. The second-order valence-electron chi connectivity index (χ2n) is 5.17. The minimum absolute atomic E-state index is 0.0178. The van der Waals surface area contributed by atoms with Gasteiger partial charge in [0.25, 0.3) is 0 Å². The fourth-order valence-corrected chi connectivity index (χ4v) is 2.56. The van der Waals surface area contributed by atoms with Gasteiger partial charge in [0.1, 0.15) is 5.71 Å². The van der Waals surface area contributed by atoms with Crippen LogP contribution < -0.4 is 5.43 Å². The SMILES string of the molecule is CN/N=C(/CN1CCCCCC1)C(=O)c1ccccc1. The van der Waals surface area contributed by atoms with Gasteiger partial charge >= 0.3 is 0 Å². The van der Waals surface area contributed by atoms with Crippen LogP contribution in [0, 0.1) is 0 Å². The molecule has 4 nitrogen and oxygen atoms in total. The van der Waals surface area contributed by atoms with Crippen molar-refractivity contribution < 1.29 is 4.79 Å². The van der Waals surface area contributed by atoms with Crippen molar-refractivity contribution in [1.29, 1.82) is 0 Å². The van der Waals surface area contributed by atoms with Crippen molar-refractivity contribution >= 4 is 11.5 Å². The third kappa shape index (κ3) is 4.17. The van der Waals surface area contributed by atoms with E-state index in [2.05, 4.69) is 15.4 Å². The zero-order valence-electron chi connectivity index (χ0n) is 12.1. The Balaban J connectivity index is 2.07. The minimum Gasteiger partial charge on any atom is -0.313 e. The monoisotopic (exact) mass is 273 g/mol. The van der Waals surface area contributed by atoms with Gasteiger partial charge in [0.15, 0.2) is 0 Å². The Morgan fingerprint density at radius 1 is 1.15 bits per heavy atom. The van der Waals surface area contributed by atoms with Gasteiger partial charge in [0.05, 0.1) is 0 Å². The second-order valence-corrected chi connectivity index (χ2v) is 5.17. The third-order valence-corrected chi connectivity index (χ3v) is 3.62. The molecule has 1 N–H and O–H groups in total. The van der Waals surface area contributed by atoms with Crippen LogP contribution >= 0.6 is 0 Å². The van der Waals surface area contributed by atoms with Crippen LogP contribution in [0.15, 0.2) is 35.4 Å². The Morgan fingerprint density at radius 2 is 1.80 bits per heavy atom. The average molecular weight is 273 g/mol. The van der Waals surface area contributed by atoms with Crippen LogP contribution in [0.3, 0.4) is 0 Å². The van der Waals surface area contributed by atoms with E-state index in [1.807, 2.05) is 30.3 Å². The summed E-state index contributed by atoms with van der Waals surface area (Å²) in [7, 11) is 1.74. The molecule has 0 saturated carbocycles. The lowest BCUT2D eigenvalue weighted by Crippen LogP contribution is -2.35. The van der Waals surface area contributed by atoms with Crippen molar-refractivity contribution in [3.05, 3.63) is 35.9 Å². The highest BCUT2D eigenvalue weighted by molar-refractivity contribution is 6.46. The molecule has 1 aromatic rings.